The molecular weight excluding hydrogens is 222 g/mol. The van der Waals surface area contributed by atoms with E-state index in [1.165, 1.54) is 35.8 Å². The number of benzene rings is 1. The lowest BCUT2D eigenvalue weighted by molar-refractivity contribution is 0.545. The van der Waals surface area contributed by atoms with Crippen molar-refractivity contribution in [2.75, 3.05) is 0 Å². The van der Waals surface area contributed by atoms with E-state index >= 15 is 0 Å². The minimum atomic E-state index is 0.513. The summed E-state index contributed by atoms with van der Waals surface area (Å²) in [7, 11) is 0. The molecule has 1 heterocycles. The van der Waals surface area contributed by atoms with Gasteiger partial charge in [-0.1, -0.05) is 19.9 Å². The van der Waals surface area contributed by atoms with Crippen LogP contribution in [0.25, 0.3) is 11.0 Å². The van der Waals surface area contributed by atoms with Crippen LogP contribution < -0.4 is 5.73 Å². The molecule has 1 aliphatic carbocycles. The highest BCUT2D eigenvalue weighted by Crippen LogP contribution is 2.46. The van der Waals surface area contributed by atoms with Crippen molar-refractivity contribution in [1.29, 1.82) is 0 Å². The van der Waals surface area contributed by atoms with E-state index in [1.54, 1.807) is 0 Å². The van der Waals surface area contributed by atoms with Gasteiger partial charge >= 0.3 is 0 Å². The zero-order chi connectivity index (χ0) is 12.7. The van der Waals surface area contributed by atoms with Crippen LogP contribution in [-0.4, -0.2) is 0 Å². The van der Waals surface area contributed by atoms with Crippen LogP contribution in [0.3, 0.4) is 0 Å². The van der Waals surface area contributed by atoms with Crippen molar-refractivity contribution >= 4 is 11.0 Å². The summed E-state index contributed by atoms with van der Waals surface area (Å²) in [4.78, 5) is 0. The highest BCUT2D eigenvalue weighted by molar-refractivity contribution is 5.84. The Bertz CT molecular complexity index is 566. The zero-order valence-corrected chi connectivity index (χ0v) is 11.2. The molecule has 0 bridgehead atoms. The molecule has 3 rings (SSSR count). The molecule has 96 valence electrons. The fourth-order valence-electron chi connectivity index (χ4n) is 2.70. The molecule has 0 aliphatic heterocycles. The fraction of sp³-hybridized carbons (Fsp3) is 0.500. The summed E-state index contributed by atoms with van der Waals surface area (Å²) in [5, 5.41) is 1.30. The van der Waals surface area contributed by atoms with Crippen molar-refractivity contribution < 1.29 is 4.42 Å². The van der Waals surface area contributed by atoms with Crippen LogP contribution in [-0.2, 0) is 6.54 Å². The number of hydrogen-bond donors (Lipinski definition) is 1. The zero-order valence-electron chi connectivity index (χ0n) is 11.2. The van der Waals surface area contributed by atoms with Gasteiger partial charge in [-0.15, -0.1) is 0 Å². The smallest absolute Gasteiger partial charge is 0.134 e. The second-order valence-corrected chi connectivity index (χ2v) is 5.48. The first kappa shape index (κ1) is 11.8. The van der Waals surface area contributed by atoms with Gasteiger partial charge in [0.1, 0.15) is 11.3 Å². The third-order valence-electron chi connectivity index (χ3n) is 4.18. The Morgan fingerprint density at radius 1 is 1.39 bits per heavy atom. The maximum atomic E-state index is 5.89. The summed E-state index contributed by atoms with van der Waals surface area (Å²) in [6.45, 7) is 5.03. The predicted molar refractivity (Wildman–Crippen MR) is 74.8 cm³/mol. The topological polar surface area (TPSA) is 39.2 Å². The van der Waals surface area contributed by atoms with E-state index in [0.29, 0.717) is 18.4 Å². The highest BCUT2D eigenvalue weighted by Gasteiger charge is 2.30. The molecule has 1 fully saturated rings. The van der Waals surface area contributed by atoms with E-state index in [9.17, 15) is 0 Å². The molecule has 2 N–H and O–H groups in total. The molecule has 0 amide bonds. The first-order valence-electron chi connectivity index (χ1n) is 6.99. The molecule has 1 aromatic carbocycles. The van der Waals surface area contributed by atoms with Crippen molar-refractivity contribution in [3.05, 3.63) is 35.1 Å². The fourth-order valence-corrected chi connectivity index (χ4v) is 2.70. The first-order valence-corrected chi connectivity index (χ1v) is 6.99. The van der Waals surface area contributed by atoms with Gasteiger partial charge in [0.15, 0.2) is 0 Å². The van der Waals surface area contributed by atoms with Gasteiger partial charge in [0.05, 0.1) is 6.54 Å². The molecule has 1 aromatic heterocycles. The molecule has 0 radical (unpaired) electrons. The van der Waals surface area contributed by atoms with Crippen molar-refractivity contribution in [3.63, 3.8) is 0 Å². The van der Waals surface area contributed by atoms with E-state index < -0.39 is 0 Å². The summed E-state index contributed by atoms with van der Waals surface area (Å²) in [5.74, 6) is 2.29. The molecule has 1 saturated carbocycles. The molecule has 1 atom stereocenters. The molecular formula is C16H21NO. The Labute approximate surface area is 108 Å². The summed E-state index contributed by atoms with van der Waals surface area (Å²) < 4.78 is 5.89. The quantitative estimate of drug-likeness (QED) is 0.870. The maximum absolute atomic E-state index is 5.89. The molecule has 1 unspecified atom stereocenters. The van der Waals surface area contributed by atoms with E-state index in [0.717, 1.165) is 11.3 Å². The lowest BCUT2D eigenvalue weighted by Gasteiger charge is -2.08. The Balaban J connectivity index is 2.15. The van der Waals surface area contributed by atoms with Gasteiger partial charge in [-0.3, -0.25) is 0 Å². The van der Waals surface area contributed by atoms with Crippen molar-refractivity contribution in [3.8, 4) is 0 Å². The average molecular weight is 243 g/mol. The Kier molecular flexibility index (Phi) is 2.90. The van der Waals surface area contributed by atoms with Gasteiger partial charge in [0, 0.05) is 10.9 Å². The Hall–Kier alpha value is -1.28. The standard InChI is InChI=1S/C16H21NO/c1-3-10(2)12-6-7-14-13(8-12)16(11-4-5-11)15(9-17)18-14/h6-8,10-11H,3-5,9,17H2,1-2H3. The number of rotatable bonds is 4. The largest absolute Gasteiger partial charge is 0.459 e. The second-order valence-electron chi connectivity index (χ2n) is 5.48. The van der Waals surface area contributed by atoms with Gasteiger partial charge in [-0.25, -0.2) is 0 Å². The van der Waals surface area contributed by atoms with Crippen LogP contribution in [0.5, 0.6) is 0 Å². The summed E-state index contributed by atoms with van der Waals surface area (Å²) in [6.07, 6.45) is 3.75. The maximum Gasteiger partial charge on any atom is 0.134 e. The SMILES string of the molecule is CCC(C)c1ccc2oc(CN)c(C3CC3)c2c1. The number of nitrogens with two attached hydrogens (primary N) is 1. The van der Waals surface area contributed by atoms with Crippen LogP contribution in [0.2, 0.25) is 0 Å². The molecule has 0 saturated heterocycles. The molecule has 0 spiro atoms. The summed E-state index contributed by atoms with van der Waals surface area (Å²) >= 11 is 0. The molecule has 18 heavy (non-hydrogen) atoms. The number of fused-ring (bicyclic) bond motifs is 1. The molecule has 1 aliphatic rings. The lowest BCUT2D eigenvalue weighted by atomic mass is 9.95. The van der Waals surface area contributed by atoms with Crippen LogP contribution in [0.15, 0.2) is 22.6 Å². The molecule has 2 nitrogen and oxygen atoms in total. The second kappa shape index (κ2) is 4.43. The van der Waals surface area contributed by atoms with E-state index in [-0.39, 0.29) is 0 Å². The van der Waals surface area contributed by atoms with E-state index in [4.69, 9.17) is 10.2 Å². The van der Waals surface area contributed by atoms with Gasteiger partial charge < -0.3 is 10.2 Å². The minimum Gasteiger partial charge on any atom is -0.459 e. The lowest BCUT2D eigenvalue weighted by Crippen LogP contribution is -1.97. The van der Waals surface area contributed by atoms with Crippen LogP contribution in [0, 0.1) is 0 Å². The third-order valence-corrected chi connectivity index (χ3v) is 4.18. The summed E-state index contributed by atoms with van der Waals surface area (Å²) in [5.41, 5.74) is 9.61. The van der Waals surface area contributed by atoms with Crippen molar-refractivity contribution in [1.82, 2.24) is 0 Å². The van der Waals surface area contributed by atoms with Gasteiger partial charge in [0.2, 0.25) is 0 Å². The van der Waals surface area contributed by atoms with E-state index in [2.05, 4.69) is 32.0 Å². The Morgan fingerprint density at radius 2 is 2.17 bits per heavy atom. The number of hydrogen-bond acceptors (Lipinski definition) is 2. The monoisotopic (exact) mass is 243 g/mol. The van der Waals surface area contributed by atoms with Crippen molar-refractivity contribution in [2.45, 2.75) is 51.5 Å². The number of furan rings is 1. The molecule has 2 heteroatoms. The van der Waals surface area contributed by atoms with Gasteiger partial charge in [-0.05, 0) is 48.8 Å². The van der Waals surface area contributed by atoms with E-state index in [1.807, 2.05) is 0 Å². The minimum absolute atomic E-state index is 0.513. The third kappa shape index (κ3) is 1.85. The van der Waals surface area contributed by atoms with Crippen LogP contribution in [0.4, 0.5) is 0 Å². The highest BCUT2D eigenvalue weighted by atomic mass is 16.3. The normalized spacial score (nSPS) is 17.3. The van der Waals surface area contributed by atoms with Gasteiger partial charge in [-0.2, -0.15) is 0 Å². The predicted octanol–water partition coefficient (Wildman–Crippen LogP) is 4.28. The summed E-state index contributed by atoms with van der Waals surface area (Å²) in [6, 6.07) is 6.62. The average Bonchev–Trinajstić information content (AvgIpc) is 3.17. The van der Waals surface area contributed by atoms with Crippen molar-refractivity contribution in [2.24, 2.45) is 5.73 Å². The Morgan fingerprint density at radius 3 is 2.78 bits per heavy atom. The molecule has 2 aromatic rings. The first-order chi connectivity index (χ1) is 8.74. The van der Waals surface area contributed by atoms with Crippen LogP contribution in [0.1, 0.15) is 61.8 Å². The van der Waals surface area contributed by atoms with Gasteiger partial charge in [0.25, 0.3) is 0 Å². The van der Waals surface area contributed by atoms with Crippen LogP contribution >= 0.6 is 0 Å².